The summed E-state index contributed by atoms with van der Waals surface area (Å²) in [5.41, 5.74) is 0. The van der Waals surface area contributed by atoms with Gasteiger partial charge in [0.2, 0.25) is 6.29 Å². The molecule has 3 nitrogen and oxygen atoms in total. The van der Waals surface area contributed by atoms with Crippen LogP contribution in [0.3, 0.4) is 0 Å². The summed E-state index contributed by atoms with van der Waals surface area (Å²) in [5.74, 6) is -0.302. The Bertz CT molecular complexity index is 86.3. The van der Waals surface area contributed by atoms with Crippen molar-refractivity contribution in [2.75, 3.05) is 7.11 Å². The van der Waals surface area contributed by atoms with Crippen molar-refractivity contribution < 1.29 is 14.3 Å². The van der Waals surface area contributed by atoms with Crippen LogP contribution >= 0.6 is 0 Å². The first kappa shape index (κ1) is 8.43. The van der Waals surface area contributed by atoms with Crippen LogP contribution in [0.4, 0.5) is 0 Å². The van der Waals surface area contributed by atoms with Crippen molar-refractivity contribution >= 4 is 5.97 Å². The molecule has 0 aromatic rings. The third kappa shape index (κ3) is 3.97. The predicted octanol–water partition coefficient (Wildman–Crippen LogP) is 0.932. The Kier molecular flexibility index (Phi) is 4.05. The molecule has 1 atom stereocenters. The molecule has 0 bridgehead atoms. The van der Waals surface area contributed by atoms with Gasteiger partial charge in [0.1, 0.15) is 0 Å². The van der Waals surface area contributed by atoms with Crippen molar-refractivity contribution in [2.24, 2.45) is 0 Å². The van der Waals surface area contributed by atoms with E-state index >= 15 is 0 Å². The van der Waals surface area contributed by atoms with Gasteiger partial charge in [0.15, 0.2) is 0 Å². The Morgan fingerprint density at radius 2 is 2.22 bits per heavy atom. The largest absolute Gasteiger partial charge is 0.436 e. The molecule has 0 saturated heterocycles. The van der Waals surface area contributed by atoms with Crippen molar-refractivity contribution in [3.8, 4) is 0 Å². The van der Waals surface area contributed by atoms with E-state index in [0.717, 1.165) is 0 Å². The van der Waals surface area contributed by atoms with Gasteiger partial charge in [-0.1, -0.05) is 6.92 Å². The molecule has 0 radical (unpaired) electrons. The van der Waals surface area contributed by atoms with Gasteiger partial charge in [-0.3, -0.25) is 4.79 Å². The highest BCUT2D eigenvalue weighted by Gasteiger charge is 2.05. The van der Waals surface area contributed by atoms with Gasteiger partial charge in [0.25, 0.3) is 0 Å². The number of ether oxygens (including phenoxy) is 2. The van der Waals surface area contributed by atoms with E-state index in [2.05, 4.69) is 4.74 Å². The van der Waals surface area contributed by atoms with Gasteiger partial charge in [-0.2, -0.15) is 0 Å². The lowest BCUT2D eigenvalue weighted by Gasteiger charge is -2.11. The molecule has 0 rings (SSSR count). The summed E-state index contributed by atoms with van der Waals surface area (Å²) in [4.78, 5) is 10.3. The van der Waals surface area contributed by atoms with Crippen LogP contribution in [0.5, 0.6) is 0 Å². The quantitative estimate of drug-likeness (QED) is 0.423. The van der Waals surface area contributed by atoms with E-state index in [9.17, 15) is 4.79 Å². The van der Waals surface area contributed by atoms with Crippen LogP contribution in [-0.4, -0.2) is 19.4 Å². The lowest BCUT2D eigenvalue weighted by Crippen LogP contribution is -2.16. The number of methoxy groups -OCH3 is 1. The molecule has 0 aliphatic heterocycles. The van der Waals surface area contributed by atoms with Crippen LogP contribution in [0.2, 0.25) is 0 Å². The smallest absolute Gasteiger partial charge is 0.304 e. The standard InChI is InChI=1S/C6H12O3/c1-4-6(8-3)9-5(2)7/h6H,4H2,1-3H3/t6-/m0/s1. The Hall–Kier alpha value is -0.570. The zero-order chi connectivity index (χ0) is 7.28. The Morgan fingerprint density at radius 3 is 2.33 bits per heavy atom. The molecule has 9 heavy (non-hydrogen) atoms. The lowest BCUT2D eigenvalue weighted by molar-refractivity contribution is -0.171. The minimum atomic E-state index is -0.373. The second-order valence-electron chi connectivity index (χ2n) is 1.68. The Morgan fingerprint density at radius 1 is 1.67 bits per heavy atom. The summed E-state index contributed by atoms with van der Waals surface area (Å²) in [6.07, 6.45) is 0.318. The summed E-state index contributed by atoms with van der Waals surface area (Å²) in [6.45, 7) is 3.25. The van der Waals surface area contributed by atoms with Crippen molar-refractivity contribution in [3.05, 3.63) is 0 Å². The van der Waals surface area contributed by atoms with Gasteiger partial charge >= 0.3 is 5.97 Å². The first-order chi connectivity index (χ1) is 4.20. The zero-order valence-corrected chi connectivity index (χ0v) is 6.01. The molecular weight excluding hydrogens is 120 g/mol. The molecule has 3 heteroatoms. The molecule has 0 unspecified atom stereocenters. The number of esters is 1. The minimum absolute atomic E-state index is 0.302. The second-order valence-corrected chi connectivity index (χ2v) is 1.68. The normalized spacial score (nSPS) is 12.8. The molecule has 54 valence electrons. The maximum Gasteiger partial charge on any atom is 0.304 e. The summed E-state index contributed by atoms with van der Waals surface area (Å²) in [7, 11) is 1.51. The summed E-state index contributed by atoms with van der Waals surface area (Å²) < 4.78 is 9.45. The fraction of sp³-hybridized carbons (Fsp3) is 0.833. The summed E-state index contributed by atoms with van der Waals surface area (Å²) >= 11 is 0. The predicted molar refractivity (Wildman–Crippen MR) is 32.9 cm³/mol. The molecule has 0 aromatic heterocycles. The van der Waals surface area contributed by atoms with Crippen molar-refractivity contribution in [2.45, 2.75) is 26.6 Å². The van der Waals surface area contributed by atoms with Crippen LogP contribution in [0.25, 0.3) is 0 Å². The average Bonchev–Trinajstić information content (AvgIpc) is 1.82. The van der Waals surface area contributed by atoms with E-state index in [1.165, 1.54) is 14.0 Å². The molecule has 0 N–H and O–H groups in total. The minimum Gasteiger partial charge on any atom is -0.436 e. The number of carbonyl (C=O) groups is 1. The SMILES string of the molecule is CC[C@@H](OC)OC(C)=O. The highest BCUT2D eigenvalue weighted by Crippen LogP contribution is 1.97. The van der Waals surface area contributed by atoms with Crippen LogP contribution in [0, 0.1) is 0 Å². The third-order valence-corrected chi connectivity index (χ3v) is 0.894. The molecule has 0 aliphatic rings. The van der Waals surface area contributed by atoms with Crippen LogP contribution in [0.1, 0.15) is 20.3 Å². The number of hydrogen-bond donors (Lipinski definition) is 0. The monoisotopic (exact) mass is 132 g/mol. The Balaban J connectivity index is 3.43. The van der Waals surface area contributed by atoms with E-state index in [0.29, 0.717) is 6.42 Å². The lowest BCUT2D eigenvalue weighted by atomic mass is 10.5. The molecular formula is C6H12O3. The topological polar surface area (TPSA) is 35.5 Å². The molecule has 0 aliphatic carbocycles. The summed E-state index contributed by atoms with van der Waals surface area (Å²) in [6, 6.07) is 0. The van der Waals surface area contributed by atoms with Gasteiger partial charge in [0, 0.05) is 20.5 Å². The maximum atomic E-state index is 10.3. The van der Waals surface area contributed by atoms with E-state index < -0.39 is 0 Å². The Labute approximate surface area is 55.0 Å². The second kappa shape index (κ2) is 4.32. The molecule has 0 amide bonds. The molecule has 0 heterocycles. The molecule has 0 fully saturated rings. The van der Waals surface area contributed by atoms with Gasteiger partial charge < -0.3 is 9.47 Å². The van der Waals surface area contributed by atoms with E-state index in [1.807, 2.05) is 6.92 Å². The van der Waals surface area contributed by atoms with Gasteiger partial charge in [-0.05, 0) is 0 Å². The van der Waals surface area contributed by atoms with Gasteiger partial charge in [-0.15, -0.1) is 0 Å². The average molecular weight is 132 g/mol. The first-order valence-corrected chi connectivity index (χ1v) is 2.90. The van der Waals surface area contributed by atoms with Crippen LogP contribution in [-0.2, 0) is 14.3 Å². The fourth-order valence-electron chi connectivity index (χ4n) is 0.483. The van der Waals surface area contributed by atoms with Crippen LogP contribution < -0.4 is 0 Å². The fourth-order valence-corrected chi connectivity index (χ4v) is 0.483. The van der Waals surface area contributed by atoms with Crippen molar-refractivity contribution in [1.82, 2.24) is 0 Å². The van der Waals surface area contributed by atoms with Crippen molar-refractivity contribution in [3.63, 3.8) is 0 Å². The van der Waals surface area contributed by atoms with E-state index in [-0.39, 0.29) is 12.3 Å². The van der Waals surface area contributed by atoms with E-state index in [1.54, 1.807) is 0 Å². The van der Waals surface area contributed by atoms with Crippen molar-refractivity contribution in [1.29, 1.82) is 0 Å². The first-order valence-electron chi connectivity index (χ1n) is 2.90. The highest BCUT2D eigenvalue weighted by molar-refractivity contribution is 5.66. The zero-order valence-electron chi connectivity index (χ0n) is 6.01. The number of rotatable bonds is 3. The third-order valence-electron chi connectivity index (χ3n) is 0.894. The summed E-state index contributed by atoms with van der Waals surface area (Å²) in [5, 5.41) is 0. The number of hydrogen-bond acceptors (Lipinski definition) is 3. The highest BCUT2D eigenvalue weighted by atomic mass is 16.7. The van der Waals surface area contributed by atoms with Gasteiger partial charge in [-0.25, -0.2) is 0 Å². The van der Waals surface area contributed by atoms with E-state index in [4.69, 9.17) is 4.74 Å². The molecule has 0 saturated carbocycles. The molecule has 0 spiro atoms. The number of carbonyl (C=O) groups excluding carboxylic acids is 1. The molecule has 0 aromatic carbocycles. The van der Waals surface area contributed by atoms with Gasteiger partial charge in [0.05, 0.1) is 0 Å². The maximum absolute atomic E-state index is 10.3. The van der Waals surface area contributed by atoms with Crippen LogP contribution in [0.15, 0.2) is 0 Å².